The molecule has 2 nitrogen and oxygen atoms in total. The summed E-state index contributed by atoms with van der Waals surface area (Å²) in [5.74, 6) is 0. The number of nitrogens with zero attached hydrogens (tertiary/aromatic N) is 1. The Hall–Kier alpha value is -3.52. The van der Waals surface area contributed by atoms with Crippen LogP contribution in [0.3, 0.4) is 0 Å². The topological polar surface area (TPSA) is 15.3 Å². The van der Waals surface area contributed by atoms with E-state index in [1.165, 1.54) is 48.1 Å². The van der Waals surface area contributed by atoms with Crippen molar-refractivity contribution in [2.24, 2.45) is 0 Å². The minimum absolute atomic E-state index is 0.0753. The van der Waals surface area contributed by atoms with E-state index in [1.54, 1.807) is 46.9 Å². The van der Waals surface area contributed by atoms with Crippen molar-refractivity contribution in [3.63, 3.8) is 0 Å². The molecular formula is C56H59BrCl4N2S2. The van der Waals surface area contributed by atoms with Crippen molar-refractivity contribution in [3.05, 3.63) is 179 Å². The summed E-state index contributed by atoms with van der Waals surface area (Å²) in [6.45, 7) is 27.0. The van der Waals surface area contributed by atoms with E-state index in [4.69, 9.17) is 46.4 Å². The van der Waals surface area contributed by atoms with Gasteiger partial charge in [-0.1, -0.05) is 182 Å². The summed E-state index contributed by atoms with van der Waals surface area (Å²) in [7, 11) is 0. The number of hydrogen-bond acceptors (Lipinski definition) is 4. The lowest BCUT2D eigenvalue weighted by atomic mass is 9.86. The number of fused-ring (bicyclic) bond motifs is 2. The highest BCUT2D eigenvalue weighted by atomic mass is 79.9. The largest absolute Gasteiger partial charge is 0.354 e. The van der Waals surface area contributed by atoms with Crippen LogP contribution in [-0.2, 0) is 21.7 Å². The summed E-state index contributed by atoms with van der Waals surface area (Å²) < 4.78 is 3.49. The first-order valence-electron chi connectivity index (χ1n) is 21.7. The van der Waals surface area contributed by atoms with Gasteiger partial charge in [-0.2, -0.15) is 0 Å². The zero-order chi connectivity index (χ0) is 47.6. The lowest BCUT2D eigenvalue weighted by Gasteiger charge is -2.27. The predicted octanol–water partition coefficient (Wildman–Crippen LogP) is 21.3. The predicted molar refractivity (Wildman–Crippen MR) is 297 cm³/mol. The van der Waals surface area contributed by atoms with Crippen LogP contribution in [0.25, 0.3) is 20.2 Å². The Labute approximate surface area is 424 Å². The van der Waals surface area contributed by atoms with Crippen LogP contribution >= 0.6 is 85.0 Å². The normalized spacial score (nSPS) is 12.1. The van der Waals surface area contributed by atoms with Gasteiger partial charge in [0, 0.05) is 72.6 Å². The van der Waals surface area contributed by atoms with E-state index < -0.39 is 0 Å². The van der Waals surface area contributed by atoms with Gasteiger partial charge in [-0.05, 0) is 129 Å². The van der Waals surface area contributed by atoms with Crippen molar-refractivity contribution < 1.29 is 0 Å². The molecule has 0 radical (unpaired) electrons. The van der Waals surface area contributed by atoms with Gasteiger partial charge < -0.3 is 10.2 Å². The van der Waals surface area contributed by atoms with E-state index >= 15 is 0 Å². The molecule has 0 saturated heterocycles. The lowest BCUT2D eigenvalue weighted by Crippen LogP contribution is -2.13. The minimum atomic E-state index is 0.0753. The number of benzene rings is 6. The molecule has 9 heteroatoms. The maximum Gasteiger partial charge on any atom is 0.0647 e. The number of anilines is 5. The highest BCUT2D eigenvalue weighted by Crippen LogP contribution is 2.45. The summed E-state index contributed by atoms with van der Waals surface area (Å²) in [6.07, 6.45) is 0. The fourth-order valence-electron chi connectivity index (χ4n) is 7.18. The van der Waals surface area contributed by atoms with Crippen LogP contribution in [0.1, 0.15) is 105 Å². The van der Waals surface area contributed by atoms with Gasteiger partial charge in [-0.25, -0.2) is 0 Å². The maximum absolute atomic E-state index is 6.42. The van der Waals surface area contributed by atoms with Crippen molar-refractivity contribution in [2.75, 3.05) is 10.2 Å². The van der Waals surface area contributed by atoms with Gasteiger partial charge in [0.1, 0.15) is 0 Å². The van der Waals surface area contributed by atoms with Crippen molar-refractivity contribution >= 4 is 134 Å². The van der Waals surface area contributed by atoms with Crippen molar-refractivity contribution in [1.82, 2.24) is 0 Å². The maximum atomic E-state index is 6.42. The fourth-order valence-corrected chi connectivity index (χ4v) is 10.8. The van der Waals surface area contributed by atoms with Crippen LogP contribution < -0.4 is 10.2 Å². The van der Waals surface area contributed by atoms with E-state index in [2.05, 4.69) is 205 Å². The van der Waals surface area contributed by atoms with E-state index in [-0.39, 0.29) is 21.7 Å². The molecule has 65 heavy (non-hydrogen) atoms. The van der Waals surface area contributed by atoms with Gasteiger partial charge in [0.25, 0.3) is 0 Å². The Morgan fingerprint density at radius 1 is 0.431 bits per heavy atom. The standard InChI is InChI=1S/C28H29Cl2NS.C22H27NS.C6H3BrCl2/c1-27(2,3)18-7-10-22(11-8-18)31(23-15-20(29)14-21(30)16-23)25-17-32-26-12-9-19(13-24(25)26)28(4,5)6;1-21(2,3)15-7-10-17(11-8-15)23-19-14-24-20-12-9-16(13-18(19)20)22(4,5)6;7-4-1-5(8)3-6(9)2-4/h7-17H,1-6H3;7-14,23H,1-6H3;1-3H. The van der Waals surface area contributed by atoms with Gasteiger partial charge in [-0.3, -0.25) is 0 Å². The van der Waals surface area contributed by atoms with Crippen molar-refractivity contribution in [2.45, 2.75) is 105 Å². The lowest BCUT2D eigenvalue weighted by molar-refractivity contribution is 0.590. The average Bonchev–Trinajstić information content (AvgIpc) is 3.80. The van der Waals surface area contributed by atoms with Crippen molar-refractivity contribution in [1.29, 1.82) is 0 Å². The third-order valence-corrected chi connectivity index (χ3v) is 14.3. The molecule has 2 aromatic heterocycles. The van der Waals surface area contributed by atoms with E-state index in [0.29, 0.717) is 20.1 Å². The fraction of sp³-hybridized carbons (Fsp3) is 0.286. The van der Waals surface area contributed by atoms with Gasteiger partial charge in [0.2, 0.25) is 0 Å². The molecule has 1 N–H and O–H groups in total. The molecule has 0 amide bonds. The van der Waals surface area contributed by atoms with Gasteiger partial charge >= 0.3 is 0 Å². The van der Waals surface area contributed by atoms with E-state index in [0.717, 1.165) is 27.2 Å². The van der Waals surface area contributed by atoms with Crippen molar-refractivity contribution in [3.8, 4) is 0 Å². The van der Waals surface area contributed by atoms with Gasteiger partial charge in [0.15, 0.2) is 0 Å². The molecule has 2 heterocycles. The van der Waals surface area contributed by atoms with Crippen LogP contribution in [0, 0.1) is 0 Å². The second kappa shape index (κ2) is 20.4. The summed E-state index contributed by atoms with van der Waals surface area (Å²) >= 11 is 30.9. The highest BCUT2D eigenvalue weighted by molar-refractivity contribution is 9.10. The molecule has 0 aliphatic rings. The third-order valence-electron chi connectivity index (χ3n) is 11.1. The zero-order valence-electron chi connectivity index (χ0n) is 39.4. The first-order valence-corrected chi connectivity index (χ1v) is 25.7. The first kappa shape index (κ1) is 50.9. The van der Waals surface area contributed by atoms with Crippen LogP contribution in [0.15, 0.2) is 137 Å². The molecule has 0 atom stereocenters. The Morgan fingerprint density at radius 2 is 0.831 bits per heavy atom. The molecular weight excluding hydrogens is 986 g/mol. The molecule has 0 fully saturated rings. The molecule has 0 spiro atoms. The molecule has 0 aliphatic carbocycles. The smallest absolute Gasteiger partial charge is 0.0647 e. The number of thiophene rings is 2. The monoisotopic (exact) mass is 1040 g/mol. The molecule has 0 aliphatic heterocycles. The number of rotatable bonds is 5. The Balaban J connectivity index is 0.000000186. The molecule has 0 saturated carbocycles. The molecule has 340 valence electrons. The van der Waals surface area contributed by atoms with E-state index in [1.807, 2.05) is 12.1 Å². The third kappa shape index (κ3) is 13.3. The Bertz CT molecular complexity index is 2820. The Morgan fingerprint density at radius 3 is 1.29 bits per heavy atom. The minimum Gasteiger partial charge on any atom is -0.354 e. The highest BCUT2D eigenvalue weighted by Gasteiger charge is 2.22. The number of nitrogens with one attached hydrogen (secondary N) is 1. The van der Waals surface area contributed by atoms with Crippen LogP contribution in [0.4, 0.5) is 28.4 Å². The zero-order valence-corrected chi connectivity index (χ0v) is 45.6. The second-order valence-electron chi connectivity index (χ2n) is 20.5. The van der Waals surface area contributed by atoms with Gasteiger partial charge in [0.05, 0.1) is 11.4 Å². The number of hydrogen-bond donors (Lipinski definition) is 1. The molecule has 8 aromatic rings. The Kier molecular flexibility index (Phi) is 15.9. The summed E-state index contributed by atoms with van der Waals surface area (Å²) in [6, 6.07) is 42.2. The summed E-state index contributed by atoms with van der Waals surface area (Å²) in [5.41, 5.74) is 11.4. The molecule has 0 bridgehead atoms. The number of halogens is 5. The van der Waals surface area contributed by atoms with Crippen LogP contribution in [0.2, 0.25) is 20.1 Å². The average molecular weight is 1050 g/mol. The first-order chi connectivity index (χ1) is 30.3. The SMILES string of the molecule is CC(C)(C)c1ccc(N(c2cc(Cl)cc(Cl)c2)c2csc3ccc(C(C)(C)C)cc23)cc1.CC(C)(C)c1ccc(Nc2csc3ccc(C(C)(C)C)cc23)cc1.Clc1cc(Cl)cc(Br)c1. The van der Waals surface area contributed by atoms with Gasteiger partial charge in [-0.15, -0.1) is 22.7 Å². The van der Waals surface area contributed by atoms with Crippen LogP contribution in [-0.4, -0.2) is 0 Å². The summed E-state index contributed by atoms with van der Waals surface area (Å²) in [5, 5.41) is 13.1. The summed E-state index contributed by atoms with van der Waals surface area (Å²) in [4.78, 5) is 2.26. The molecule has 0 unspecified atom stereocenters. The molecule has 8 rings (SSSR count). The second-order valence-corrected chi connectivity index (χ2v) is 25.0. The van der Waals surface area contributed by atoms with Crippen LogP contribution in [0.5, 0.6) is 0 Å². The molecule has 6 aromatic carbocycles. The quantitative estimate of drug-likeness (QED) is 0.185. The van der Waals surface area contributed by atoms with E-state index in [9.17, 15) is 0 Å².